The van der Waals surface area contributed by atoms with E-state index in [1.165, 1.54) is 51.4 Å². The summed E-state index contributed by atoms with van der Waals surface area (Å²) < 4.78 is 13.3. The summed E-state index contributed by atoms with van der Waals surface area (Å²) in [4.78, 5) is 0. The van der Waals surface area contributed by atoms with E-state index in [0.717, 1.165) is 17.8 Å². The van der Waals surface area contributed by atoms with Gasteiger partial charge in [-0.25, -0.2) is 0 Å². The van der Waals surface area contributed by atoms with Crippen molar-refractivity contribution in [3.8, 4) is 0 Å². The van der Waals surface area contributed by atoms with Crippen LogP contribution in [0.5, 0.6) is 0 Å². The van der Waals surface area contributed by atoms with Gasteiger partial charge in [0.15, 0.2) is 8.32 Å². The number of hydrogen-bond acceptors (Lipinski definition) is 3. The third kappa shape index (κ3) is 5.32. The van der Waals surface area contributed by atoms with Crippen molar-refractivity contribution in [2.45, 2.75) is 149 Å². The number of fused-ring (bicyclic) bond motifs is 5. The maximum Gasteiger partial charge on any atom is 0.192 e. The molecule has 0 radical (unpaired) electrons. The molecule has 0 spiro atoms. The van der Waals surface area contributed by atoms with Gasteiger partial charge in [0.05, 0.1) is 11.7 Å². The Morgan fingerprint density at radius 2 is 1.72 bits per heavy atom. The van der Waals surface area contributed by atoms with Gasteiger partial charge in [0.2, 0.25) is 0 Å². The van der Waals surface area contributed by atoms with Crippen molar-refractivity contribution in [2.75, 3.05) is 6.61 Å². The molecule has 0 bridgehead atoms. The average Bonchev–Trinajstić information content (AvgIpc) is 3.09. The standard InChI is InChI=1S/C32H58O3Si/c1-22(34-20-19-30(5,6)33)26-13-14-27-25-12-11-23-21-24(35-36(9,10)29(2,3)4)15-17-31(23,7)28(25)16-18-32(26,27)8/h11,22,24-28,33H,12-21H2,1-10H3/t22-,24?,25-,26+,27-,28-,31-,32+/m0/s1. The van der Waals surface area contributed by atoms with Crippen molar-refractivity contribution in [3.63, 3.8) is 0 Å². The Labute approximate surface area is 224 Å². The topological polar surface area (TPSA) is 38.7 Å². The van der Waals surface area contributed by atoms with E-state index in [1.54, 1.807) is 5.57 Å². The van der Waals surface area contributed by atoms with Crippen LogP contribution in [-0.2, 0) is 9.16 Å². The molecule has 3 saturated carbocycles. The summed E-state index contributed by atoms with van der Waals surface area (Å²) in [5, 5.41) is 10.4. The predicted octanol–water partition coefficient (Wildman–Crippen LogP) is 8.52. The maximum absolute atomic E-state index is 10.1. The van der Waals surface area contributed by atoms with Crippen LogP contribution in [0.4, 0.5) is 0 Å². The van der Waals surface area contributed by atoms with E-state index in [-0.39, 0.29) is 11.1 Å². The molecule has 0 saturated heterocycles. The van der Waals surface area contributed by atoms with Crippen LogP contribution in [0, 0.1) is 34.5 Å². The molecule has 1 unspecified atom stereocenters. The Kier molecular flexibility index (Phi) is 7.84. The number of hydrogen-bond donors (Lipinski definition) is 1. The first-order chi connectivity index (χ1) is 16.5. The Hall–Kier alpha value is -0.163. The zero-order valence-electron chi connectivity index (χ0n) is 25.4. The largest absolute Gasteiger partial charge is 0.414 e. The molecule has 1 N–H and O–H groups in total. The Morgan fingerprint density at radius 3 is 2.36 bits per heavy atom. The van der Waals surface area contributed by atoms with E-state index in [2.05, 4.69) is 60.7 Å². The molecular weight excluding hydrogens is 460 g/mol. The van der Waals surface area contributed by atoms with Crippen molar-refractivity contribution >= 4 is 8.32 Å². The van der Waals surface area contributed by atoms with Gasteiger partial charge >= 0.3 is 0 Å². The zero-order valence-corrected chi connectivity index (χ0v) is 26.4. The van der Waals surface area contributed by atoms with Crippen LogP contribution in [0.2, 0.25) is 18.1 Å². The lowest BCUT2D eigenvalue weighted by atomic mass is 9.47. The van der Waals surface area contributed by atoms with Gasteiger partial charge in [-0.15, -0.1) is 0 Å². The van der Waals surface area contributed by atoms with Crippen LogP contribution in [-0.4, -0.2) is 37.8 Å². The van der Waals surface area contributed by atoms with Crippen molar-refractivity contribution in [1.82, 2.24) is 0 Å². The minimum atomic E-state index is -1.73. The second kappa shape index (κ2) is 9.79. The van der Waals surface area contributed by atoms with Gasteiger partial charge in [-0.3, -0.25) is 0 Å². The summed E-state index contributed by atoms with van der Waals surface area (Å²) >= 11 is 0. The average molecular weight is 519 g/mol. The van der Waals surface area contributed by atoms with Crippen LogP contribution < -0.4 is 0 Å². The number of allylic oxidation sites excluding steroid dienone is 1. The molecule has 4 aliphatic rings. The van der Waals surface area contributed by atoms with Crippen molar-refractivity contribution in [2.24, 2.45) is 34.5 Å². The first-order valence-corrected chi connectivity index (χ1v) is 18.1. The van der Waals surface area contributed by atoms with Gasteiger partial charge in [0.25, 0.3) is 0 Å². The molecule has 0 aromatic heterocycles. The summed E-state index contributed by atoms with van der Waals surface area (Å²) in [6.45, 7) is 23.9. The fourth-order valence-corrected chi connectivity index (χ4v) is 10.1. The van der Waals surface area contributed by atoms with Crippen LogP contribution in [0.3, 0.4) is 0 Å². The lowest BCUT2D eigenvalue weighted by molar-refractivity contribution is -0.0859. The lowest BCUT2D eigenvalue weighted by Gasteiger charge is -2.58. The molecule has 0 aliphatic heterocycles. The van der Waals surface area contributed by atoms with Crippen molar-refractivity contribution in [3.05, 3.63) is 11.6 Å². The van der Waals surface area contributed by atoms with Crippen LogP contribution in [0.1, 0.15) is 113 Å². The molecule has 4 heteroatoms. The van der Waals surface area contributed by atoms with E-state index >= 15 is 0 Å². The van der Waals surface area contributed by atoms with Crippen molar-refractivity contribution in [1.29, 1.82) is 0 Å². The van der Waals surface area contributed by atoms with Gasteiger partial charge in [0, 0.05) is 12.7 Å². The molecule has 0 aromatic carbocycles. The summed E-state index contributed by atoms with van der Waals surface area (Å²) in [6, 6.07) is 0. The molecule has 4 rings (SSSR count). The molecule has 0 aromatic rings. The summed E-state index contributed by atoms with van der Waals surface area (Å²) in [6.07, 6.45) is 14.5. The third-order valence-corrected chi connectivity index (χ3v) is 16.6. The highest BCUT2D eigenvalue weighted by atomic mass is 28.4. The highest BCUT2D eigenvalue weighted by Gasteiger charge is 2.59. The smallest absolute Gasteiger partial charge is 0.192 e. The van der Waals surface area contributed by atoms with E-state index < -0.39 is 13.9 Å². The predicted molar refractivity (Wildman–Crippen MR) is 154 cm³/mol. The lowest BCUT2D eigenvalue weighted by Crippen LogP contribution is -2.52. The minimum absolute atomic E-state index is 0.280. The molecule has 3 nitrogen and oxygen atoms in total. The SMILES string of the molecule is C[C@H](OCCC(C)(C)O)[C@H]1CC[C@H]2[C@@H]3CC=C4CC(O[Si](C)(C)C(C)(C)C)CC[C@]4(C)[C@H]3CC[C@]12C. The van der Waals surface area contributed by atoms with E-state index in [4.69, 9.17) is 9.16 Å². The van der Waals surface area contributed by atoms with Crippen molar-refractivity contribution < 1.29 is 14.3 Å². The number of ether oxygens (including phenoxy) is 1. The monoisotopic (exact) mass is 518 g/mol. The first-order valence-electron chi connectivity index (χ1n) is 15.2. The molecule has 3 fully saturated rings. The molecule has 4 aliphatic carbocycles. The highest BCUT2D eigenvalue weighted by molar-refractivity contribution is 6.74. The summed E-state index contributed by atoms with van der Waals surface area (Å²) in [7, 11) is -1.73. The van der Waals surface area contributed by atoms with Crippen LogP contribution in [0.25, 0.3) is 0 Å². The summed E-state index contributed by atoms with van der Waals surface area (Å²) in [5.74, 6) is 3.16. The number of aliphatic hydroxyl groups is 1. The molecular formula is C32H58O3Si. The Bertz CT molecular complexity index is 820. The Morgan fingerprint density at radius 1 is 1.03 bits per heavy atom. The molecule has 208 valence electrons. The fraction of sp³-hybridized carbons (Fsp3) is 0.938. The van der Waals surface area contributed by atoms with Crippen LogP contribution >= 0.6 is 0 Å². The van der Waals surface area contributed by atoms with Crippen LogP contribution in [0.15, 0.2) is 11.6 Å². The molecule has 8 atom stereocenters. The molecule has 36 heavy (non-hydrogen) atoms. The van der Waals surface area contributed by atoms with E-state index in [1.807, 2.05) is 13.8 Å². The fourth-order valence-electron chi connectivity index (χ4n) is 8.74. The number of rotatable bonds is 7. The normalized spacial score (nSPS) is 40.2. The third-order valence-electron chi connectivity index (χ3n) is 12.1. The Balaban J connectivity index is 1.44. The first kappa shape index (κ1) is 28.8. The highest BCUT2D eigenvalue weighted by Crippen LogP contribution is 2.67. The molecule has 0 amide bonds. The maximum atomic E-state index is 10.1. The van der Waals surface area contributed by atoms with Gasteiger partial charge < -0.3 is 14.3 Å². The van der Waals surface area contributed by atoms with Gasteiger partial charge in [0.1, 0.15) is 0 Å². The second-order valence-electron chi connectivity index (χ2n) is 15.9. The van der Waals surface area contributed by atoms with Gasteiger partial charge in [-0.2, -0.15) is 0 Å². The second-order valence-corrected chi connectivity index (χ2v) is 20.6. The van der Waals surface area contributed by atoms with E-state index in [0.29, 0.717) is 35.9 Å². The quantitative estimate of drug-likeness (QED) is 0.271. The van der Waals surface area contributed by atoms with Gasteiger partial charge in [-0.1, -0.05) is 46.3 Å². The molecule has 0 heterocycles. The minimum Gasteiger partial charge on any atom is -0.414 e. The summed E-state index contributed by atoms with van der Waals surface area (Å²) in [5.41, 5.74) is 1.88. The van der Waals surface area contributed by atoms with E-state index in [9.17, 15) is 5.11 Å². The van der Waals surface area contributed by atoms with Gasteiger partial charge in [-0.05, 0) is 131 Å². The zero-order chi connectivity index (χ0) is 26.7.